The van der Waals surface area contributed by atoms with E-state index in [1.165, 1.54) is 50.0 Å². The van der Waals surface area contributed by atoms with Gasteiger partial charge < -0.3 is 0 Å². The lowest BCUT2D eigenvalue weighted by atomic mass is 10.1. The summed E-state index contributed by atoms with van der Waals surface area (Å²) in [6.45, 7) is 3.74. The third-order valence-corrected chi connectivity index (χ3v) is 3.06. The zero-order chi connectivity index (χ0) is 11.6. The van der Waals surface area contributed by atoms with Crippen LogP contribution in [0, 0.1) is 0 Å². The van der Waals surface area contributed by atoms with E-state index in [4.69, 9.17) is 4.84 Å². The highest BCUT2D eigenvalue weighted by Crippen LogP contribution is 2.12. The second-order valence-corrected chi connectivity index (χ2v) is 4.55. The van der Waals surface area contributed by atoms with Crippen LogP contribution in [0.5, 0.6) is 0 Å². The fourth-order valence-corrected chi connectivity index (χ4v) is 1.91. The fourth-order valence-electron chi connectivity index (χ4n) is 1.91. The van der Waals surface area contributed by atoms with Gasteiger partial charge in [-0.2, -0.15) is 0 Å². The third kappa shape index (κ3) is 5.50. The van der Waals surface area contributed by atoms with Crippen LogP contribution in [-0.2, 0) is 9.63 Å². The molecule has 94 valence electrons. The van der Waals surface area contributed by atoms with Crippen LogP contribution < -0.4 is 0 Å². The van der Waals surface area contributed by atoms with Crippen molar-refractivity contribution in [3.63, 3.8) is 0 Å². The van der Waals surface area contributed by atoms with Crippen molar-refractivity contribution in [1.29, 1.82) is 0 Å². The molecule has 1 aliphatic rings. The molecule has 0 aromatic heterocycles. The highest BCUT2D eigenvalue weighted by atomic mass is 16.7. The van der Waals surface area contributed by atoms with Crippen LogP contribution in [0.15, 0.2) is 0 Å². The van der Waals surface area contributed by atoms with Crippen LogP contribution in [0.4, 0.5) is 0 Å². The molecule has 0 unspecified atom stereocenters. The summed E-state index contributed by atoms with van der Waals surface area (Å²) in [6.07, 6.45) is 10.9. The zero-order valence-corrected chi connectivity index (χ0v) is 10.5. The van der Waals surface area contributed by atoms with Crippen molar-refractivity contribution in [2.75, 3.05) is 13.2 Å². The minimum absolute atomic E-state index is 0.164. The summed E-state index contributed by atoms with van der Waals surface area (Å²) in [4.78, 5) is 16.4. The van der Waals surface area contributed by atoms with E-state index in [2.05, 4.69) is 6.92 Å². The molecule has 1 amide bonds. The molecular weight excluding hydrogens is 202 g/mol. The van der Waals surface area contributed by atoms with Gasteiger partial charge in [-0.25, -0.2) is 5.06 Å². The molecule has 1 aliphatic heterocycles. The van der Waals surface area contributed by atoms with Crippen LogP contribution in [0.2, 0.25) is 0 Å². The number of hydrogen-bond donors (Lipinski definition) is 0. The van der Waals surface area contributed by atoms with Crippen molar-refractivity contribution in [1.82, 2.24) is 5.06 Å². The summed E-state index contributed by atoms with van der Waals surface area (Å²) in [5, 5.41) is 1.49. The van der Waals surface area contributed by atoms with Crippen molar-refractivity contribution in [2.24, 2.45) is 0 Å². The van der Waals surface area contributed by atoms with E-state index in [-0.39, 0.29) is 5.91 Å². The van der Waals surface area contributed by atoms with Gasteiger partial charge in [-0.1, -0.05) is 51.9 Å². The van der Waals surface area contributed by atoms with Crippen LogP contribution in [0.1, 0.15) is 64.7 Å². The van der Waals surface area contributed by atoms with Gasteiger partial charge in [-0.05, 0) is 6.42 Å². The summed E-state index contributed by atoms with van der Waals surface area (Å²) in [7, 11) is 0. The normalized spacial score (nSPS) is 14.9. The third-order valence-electron chi connectivity index (χ3n) is 3.06. The first-order valence-corrected chi connectivity index (χ1v) is 6.78. The summed E-state index contributed by atoms with van der Waals surface area (Å²) < 4.78 is 0. The monoisotopic (exact) mass is 227 g/mol. The maximum Gasteiger partial charge on any atom is 0.246 e. The van der Waals surface area contributed by atoms with Gasteiger partial charge in [0.2, 0.25) is 5.91 Å². The van der Waals surface area contributed by atoms with Crippen molar-refractivity contribution in [3.8, 4) is 0 Å². The molecule has 3 heteroatoms. The highest BCUT2D eigenvalue weighted by molar-refractivity contribution is 5.75. The lowest BCUT2D eigenvalue weighted by Crippen LogP contribution is -2.43. The first-order valence-electron chi connectivity index (χ1n) is 6.78. The Balaban J connectivity index is 1.79. The predicted octanol–water partition coefficient (Wildman–Crippen LogP) is 3.29. The number of rotatable bonds is 9. The van der Waals surface area contributed by atoms with Gasteiger partial charge in [0.1, 0.15) is 0 Å². The number of nitrogens with zero attached hydrogens (tertiary/aromatic N) is 1. The highest BCUT2D eigenvalue weighted by Gasteiger charge is 2.20. The van der Waals surface area contributed by atoms with Gasteiger partial charge in [0.05, 0.1) is 13.2 Å². The van der Waals surface area contributed by atoms with Crippen molar-refractivity contribution in [3.05, 3.63) is 0 Å². The zero-order valence-electron chi connectivity index (χ0n) is 10.5. The molecule has 1 fully saturated rings. The van der Waals surface area contributed by atoms with Crippen LogP contribution >= 0.6 is 0 Å². The summed E-state index contributed by atoms with van der Waals surface area (Å²) in [5.74, 6) is 0.164. The lowest BCUT2D eigenvalue weighted by molar-refractivity contribution is -0.239. The first-order chi connectivity index (χ1) is 7.84. The van der Waals surface area contributed by atoms with Crippen molar-refractivity contribution < 1.29 is 9.63 Å². The second kappa shape index (κ2) is 8.57. The maximum atomic E-state index is 11.4. The van der Waals surface area contributed by atoms with Crippen molar-refractivity contribution in [2.45, 2.75) is 64.7 Å². The number of carbonyl (C=O) groups excluding carboxylic acids is 1. The minimum atomic E-state index is 0.164. The van der Waals surface area contributed by atoms with Crippen LogP contribution in [-0.4, -0.2) is 24.1 Å². The molecule has 0 bridgehead atoms. The van der Waals surface area contributed by atoms with Crippen LogP contribution in [0.25, 0.3) is 0 Å². The molecule has 0 aliphatic carbocycles. The standard InChI is InChI=1S/C13H25NO2/c1-2-3-4-5-6-7-8-9-10-13(15)14-11-12-16-14/h2-12H2,1H3. The molecule has 0 spiro atoms. The lowest BCUT2D eigenvalue weighted by Gasteiger charge is -2.29. The van der Waals surface area contributed by atoms with Gasteiger partial charge in [0.25, 0.3) is 0 Å². The van der Waals surface area contributed by atoms with E-state index in [0.29, 0.717) is 13.0 Å². The molecule has 0 atom stereocenters. The van der Waals surface area contributed by atoms with E-state index in [1.54, 1.807) is 0 Å². The Labute approximate surface area is 99.1 Å². The summed E-state index contributed by atoms with van der Waals surface area (Å²) in [5.41, 5.74) is 0. The van der Waals surface area contributed by atoms with Gasteiger partial charge in [0, 0.05) is 6.42 Å². The molecule has 3 nitrogen and oxygen atoms in total. The summed E-state index contributed by atoms with van der Waals surface area (Å²) in [6, 6.07) is 0. The average Bonchev–Trinajstić information content (AvgIpc) is 2.19. The molecule has 1 heterocycles. The Bertz CT molecular complexity index is 190. The largest absolute Gasteiger partial charge is 0.273 e. The van der Waals surface area contributed by atoms with Crippen LogP contribution in [0.3, 0.4) is 0 Å². The van der Waals surface area contributed by atoms with E-state index in [1.807, 2.05) is 0 Å². The van der Waals surface area contributed by atoms with Gasteiger partial charge in [0.15, 0.2) is 0 Å². The molecule has 0 radical (unpaired) electrons. The Morgan fingerprint density at radius 3 is 2.12 bits per heavy atom. The number of hydrogen-bond acceptors (Lipinski definition) is 2. The number of hydroxylamine groups is 2. The maximum absolute atomic E-state index is 11.4. The SMILES string of the molecule is CCCCCCCCCCC(=O)N1CCO1. The van der Waals surface area contributed by atoms with E-state index < -0.39 is 0 Å². The Morgan fingerprint density at radius 2 is 1.62 bits per heavy atom. The average molecular weight is 227 g/mol. The molecule has 0 saturated carbocycles. The number of carbonyl (C=O) groups is 1. The quantitative estimate of drug-likeness (QED) is 0.566. The molecule has 0 aromatic rings. The molecule has 0 N–H and O–H groups in total. The topological polar surface area (TPSA) is 29.5 Å². The molecular formula is C13H25NO2. The van der Waals surface area contributed by atoms with Gasteiger partial charge in [-0.3, -0.25) is 9.63 Å². The molecule has 0 aromatic carbocycles. The fraction of sp³-hybridized carbons (Fsp3) is 0.923. The van der Waals surface area contributed by atoms with Gasteiger partial charge in [-0.15, -0.1) is 0 Å². The molecule has 1 saturated heterocycles. The first kappa shape index (κ1) is 13.5. The van der Waals surface area contributed by atoms with E-state index in [9.17, 15) is 4.79 Å². The Hall–Kier alpha value is -0.570. The molecule has 1 rings (SSSR count). The van der Waals surface area contributed by atoms with Crippen molar-refractivity contribution >= 4 is 5.91 Å². The van der Waals surface area contributed by atoms with Gasteiger partial charge >= 0.3 is 0 Å². The number of amides is 1. The van der Waals surface area contributed by atoms with E-state index in [0.717, 1.165) is 13.0 Å². The Morgan fingerprint density at radius 1 is 1.06 bits per heavy atom. The minimum Gasteiger partial charge on any atom is -0.273 e. The smallest absolute Gasteiger partial charge is 0.246 e. The Kier molecular flexibility index (Phi) is 7.23. The predicted molar refractivity (Wildman–Crippen MR) is 64.9 cm³/mol. The summed E-state index contributed by atoms with van der Waals surface area (Å²) >= 11 is 0. The second-order valence-electron chi connectivity index (χ2n) is 4.55. The van der Waals surface area contributed by atoms with E-state index >= 15 is 0 Å². The molecule has 16 heavy (non-hydrogen) atoms. The number of unbranched alkanes of at least 4 members (excludes halogenated alkanes) is 7.